The molecule has 3 aromatic rings. The van der Waals surface area contributed by atoms with Crippen LogP contribution in [0.4, 0.5) is 11.4 Å². The Morgan fingerprint density at radius 3 is 2.50 bits per heavy atom. The highest BCUT2D eigenvalue weighted by atomic mass is 16.2. The van der Waals surface area contributed by atoms with E-state index in [-0.39, 0.29) is 5.91 Å². The first-order chi connectivity index (χ1) is 12.5. The van der Waals surface area contributed by atoms with Gasteiger partial charge in [-0.05, 0) is 24.3 Å². The fraction of sp³-hybridized carbons (Fsp3) is 0.263. The summed E-state index contributed by atoms with van der Waals surface area (Å²) in [5.74, 6) is 0.508. The molecule has 1 heterocycles. The number of rotatable bonds is 6. The molecule has 0 aliphatic rings. The number of anilines is 2. The second-order valence-corrected chi connectivity index (χ2v) is 6.82. The molecule has 0 spiro atoms. The van der Waals surface area contributed by atoms with Crippen LogP contribution in [0, 0.1) is 0 Å². The summed E-state index contributed by atoms with van der Waals surface area (Å²) in [6, 6.07) is 17.3. The maximum Gasteiger partial charge on any atom is 0.255 e. The standard InChI is InChI=1S/C19H22N6O/c1-19(2,18-21-23-24-22-18)13-25(3)17(26)15-11-7-8-12-16(15)20-14-9-5-4-6-10-14/h4-12,20H,13H2,1-3H3,(H,21,22,23,24). The Balaban J connectivity index is 1.79. The molecule has 0 atom stereocenters. The molecule has 0 aliphatic heterocycles. The molecular formula is C19H22N6O. The van der Waals surface area contributed by atoms with Crippen LogP contribution >= 0.6 is 0 Å². The summed E-state index contributed by atoms with van der Waals surface area (Å²) in [7, 11) is 1.78. The Morgan fingerprint density at radius 1 is 1.12 bits per heavy atom. The maximum atomic E-state index is 13.0. The van der Waals surface area contributed by atoms with Gasteiger partial charge in [-0.1, -0.05) is 49.4 Å². The largest absolute Gasteiger partial charge is 0.355 e. The van der Waals surface area contributed by atoms with E-state index in [9.17, 15) is 4.79 Å². The van der Waals surface area contributed by atoms with Crippen molar-refractivity contribution in [2.45, 2.75) is 19.3 Å². The molecule has 7 heteroatoms. The number of carbonyl (C=O) groups is 1. The molecule has 1 amide bonds. The van der Waals surface area contributed by atoms with Crippen LogP contribution in [-0.4, -0.2) is 45.0 Å². The summed E-state index contributed by atoms with van der Waals surface area (Å²) >= 11 is 0. The van der Waals surface area contributed by atoms with Gasteiger partial charge in [-0.2, -0.15) is 5.21 Å². The molecule has 3 rings (SSSR count). The minimum Gasteiger partial charge on any atom is -0.355 e. The van der Waals surface area contributed by atoms with Gasteiger partial charge in [0.05, 0.1) is 11.3 Å². The summed E-state index contributed by atoms with van der Waals surface area (Å²) < 4.78 is 0. The third-order valence-corrected chi connectivity index (χ3v) is 4.14. The minimum atomic E-state index is -0.417. The molecule has 0 fully saturated rings. The first-order valence-corrected chi connectivity index (χ1v) is 8.38. The van der Waals surface area contributed by atoms with Crippen molar-refractivity contribution in [3.8, 4) is 0 Å². The van der Waals surface area contributed by atoms with Crippen LogP contribution in [0.2, 0.25) is 0 Å². The lowest BCUT2D eigenvalue weighted by Gasteiger charge is -2.28. The number of tetrazole rings is 1. The summed E-state index contributed by atoms with van der Waals surface area (Å²) in [4.78, 5) is 14.7. The van der Waals surface area contributed by atoms with Gasteiger partial charge < -0.3 is 10.2 Å². The highest BCUT2D eigenvalue weighted by molar-refractivity contribution is 6.00. The van der Waals surface area contributed by atoms with Crippen LogP contribution in [0.3, 0.4) is 0 Å². The van der Waals surface area contributed by atoms with E-state index in [0.717, 1.165) is 11.4 Å². The van der Waals surface area contributed by atoms with Crippen molar-refractivity contribution in [1.82, 2.24) is 25.5 Å². The van der Waals surface area contributed by atoms with E-state index in [1.54, 1.807) is 11.9 Å². The maximum absolute atomic E-state index is 13.0. The Bertz CT molecular complexity index is 861. The number of aromatic amines is 1. The first kappa shape index (κ1) is 17.6. The molecule has 0 saturated heterocycles. The lowest BCUT2D eigenvalue weighted by atomic mass is 9.92. The molecule has 0 unspecified atom stereocenters. The topological polar surface area (TPSA) is 86.8 Å². The van der Waals surface area contributed by atoms with Crippen molar-refractivity contribution in [3.05, 3.63) is 66.0 Å². The van der Waals surface area contributed by atoms with Crippen molar-refractivity contribution in [1.29, 1.82) is 0 Å². The van der Waals surface area contributed by atoms with Gasteiger partial charge in [0.1, 0.15) is 0 Å². The van der Waals surface area contributed by atoms with E-state index < -0.39 is 5.41 Å². The Morgan fingerprint density at radius 2 is 1.81 bits per heavy atom. The van der Waals surface area contributed by atoms with Crippen LogP contribution in [-0.2, 0) is 5.41 Å². The fourth-order valence-corrected chi connectivity index (χ4v) is 2.85. The fourth-order valence-electron chi connectivity index (χ4n) is 2.85. The number of nitrogens with zero attached hydrogens (tertiary/aromatic N) is 4. The van der Waals surface area contributed by atoms with E-state index >= 15 is 0 Å². The Kier molecular flexibility index (Phi) is 4.97. The first-order valence-electron chi connectivity index (χ1n) is 8.38. The zero-order valence-corrected chi connectivity index (χ0v) is 15.1. The number of likely N-dealkylation sites (N-methyl/N-ethyl adjacent to an activating group) is 1. The average Bonchev–Trinajstić information content (AvgIpc) is 3.18. The highest BCUT2D eigenvalue weighted by Crippen LogP contribution is 2.24. The van der Waals surface area contributed by atoms with E-state index in [1.165, 1.54) is 0 Å². The van der Waals surface area contributed by atoms with Crippen LogP contribution < -0.4 is 5.32 Å². The summed E-state index contributed by atoms with van der Waals surface area (Å²) in [6.07, 6.45) is 0. The number of para-hydroxylation sites is 2. The van der Waals surface area contributed by atoms with Gasteiger partial charge in [-0.15, -0.1) is 10.2 Å². The van der Waals surface area contributed by atoms with Gasteiger partial charge in [0.2, 0.25) is 0 Å². The van der Waals surface area contributed by atoms with Crippen LogP contribution in [0.15, 0.2) is 54.6 Å². The Hall–Kier alpha value is -3.22. The van der Waals surface area contributed by atoms with E-state index in [2.05, 4.69) is 25.9 Å². The van der Waals surface area contributed by atoms with E-state index in [4.69, 9.17) is 0 Å². The zero-order chi connectivity index (χ0) is 18.6. The number of nitrogens with one attached hydrogen (secondary N) is 2. The van der Waals surface area contributed by atoms with Crippen molar-refractivity contribution in [2.75, 3.05) is 18.9 Å². The third-order valence-electron chi connectivity index (χ3n) is 4.14. The number of hydrogen-bond acceptors (Lipinski definition) is 5. The molecule has 0 bridgehead atoms. The van der Waals surface area contributed by atoms with Gasteiger partial charge in [0.15, 0.2) is 5.82 Å². The monoisotopic (exact) mass is 350 g/mol. The highest BCUT2D eigenvalue weighted by Gasteiger charge is 2.29. The molecule has 0 saturated carbocycles. The number of amides is 1. The molecular weight excluding hydrogens is 328 g/mol. The van der Waals surface area contributed by atoms with E-state index in [1.807, 2.05) is 68.4 Å². The predicted octanol–water partition coefficient (Wildman–Crippen LogP) is 2.99. The van der Waals surface area contributed by atoms with Gasteiger partial charge in [0, 0.05) is 24.7 Å². The van der Waals surface area contributed by atoms with Crippen molar-refractivity contribution < 1.29 is 4.79 Å². The third kappa shape index (κ3) is 3.88. The lowest BCUT2D eigenvalue weighted by molar-refractivity contribution is 0.0766. The molecule has 2 N–H and O–H groups in total. The predicted molar refractivity (Wildman–Crippen MR) is 100 cm³/mol. The van der Waals surface area contributed by atoms with Crippen LogP contribution in [0.25, 0.3) is 0 Å². The van der Waals surface area contributed by atoms with Crippen molar-refractivity contribution in [3.63, 3.8) is 0 Å². The van der Waals surface area contributed by atoms with Crippen molar-refractivity contribution in [2.24, 2.45) is 0 Å². The second kappa shape index (κ2) is 7.35. The smallest absolute Gasteiger partial charge is 0.255 e. The molecule has 0 radical (unpaired) electrons. The minimum absolute atomic E-state index is 0.0689. The summed E-state index contributed by atoms with van der Waals surface area (Å²) in [5.41, 5.74) is 1.90. The number of H-pyrrole nitrogens is 1. The number of benzene rings is 2. The van der Waals surface area contributed by atoms with Crippen molar-refractivity contribution >= 4 is 17.3 Å². The SMILES string of the molecule is CN(CC(C)(C)c1nn[nH]n1)C(=O)c1ccccc1Nc1ccccc1. The lowest BCUT2D eigenvalue weighted by Crippen LogP contribution is -2.39. The normalized spacial score (nSPS) is 11.2. The average molecular weight is 350 g/mol. The molecule has 0 aliphatic carbocycles. The molecule has 1 aromatic heterocycles. The Labute approximate surface area is 152 Å². The van der Waals surface area contributed by atoms with Gasteiger partial charge in [-0.25, -0.2) is 0 Å². The number of carbonyl (C=O) groups excluding carboxylic acids is 1. The summed E-state index contributed by atoms with van der Waals surface area (Å²) in [5, 5.41) is 17.5. The molecule has 2 aromatic carbocycles. The molecule has 7 nitrogen and oxygen atoms in total. The van der Waals surface area contributed by atoms with E-state index in [0.29, 0.717) is 17.9 Å². The van der Waals surface area contributed by atoms with Crippen LogP contribution in [0.5, 0.6) is 0 Å². The van der Waals surface area contributed by atoms with Gasteiger partial charge in [0.25, 0.3) is 5.91 Å². The zero-order valence-electron chi connectivity index (χ0n) is 15.1. The second-order valence-electron chi connectivity index (χ2n) is 6.82. The van der Waals surface area contributed by atoms with Gasteiger partial charge in [-0.3, -0.25) is 4.79 Å². The molecule has 26 heavy (non-hydrogen) atoms. The quantitative estimate of drug-likeness (QED) is 0.714. The van der Waals surface area contributed by atoms with Gasteiger partial charge >= 0.3 is 0 Å². The molecule has 134 valence electrons. The number of hydrogen-bond donors (Lipinski definition) is 2. The number of aromatic nitrogens is 4. The summed E-state index contributed by atoms with van der Waals surface area (Å²) in [6.45, 7) is 4.43. The van der Waals surface area contributed by atoms with Crippen LogP contribution in [0.1, 0.15) is 30.0 Å².